The van der Waals surface area contributed by atoms with Crippen molar-refractivity contribution in [2.24, 2.45) is 7.05 Å². The van der Waals surface area contributed by atoms with E-state index in [2.05, 4.69) is 0 Å². The molecule has 0 saturated heterocycles. The largest absolute Gasteiger partial charge is 0.478 e. The molecule has 1 aromatic carbocycles. The van der Waals surface area contributed by atoms with Crippen LogP contribution in [-0.2, 0) is 11.8 Å². The average molecular weight is 250 g/mol. The molecule has 2 aromatic rings. The molecule has 0 aliphatic rings. The molecule has 0 bridgehead atoms. The van der Waals surface area contributed by atoms with Gasteiger partial charge in [0.2, 0.25) is 0 Å². The summed E-state index contributed by atoms with van der Waals surface area (Å²) in [6.45, 7) is 2.01. The van der Waals surface area contributed by atoms with Crippen LogP contribution < -0.4 is 0 Å². The highest BCUT2D eigenvalue weighted by Crippen LogP contribution is 2.30. The van der Waals surface area contributed by atoms with E-state index in [0.29, 0.717) is 5.15 Å². The van der Waals surface area contributed by atoms with Gasteiger partial charge in [0, 0.05) is 29.6 Å². The van der Waals surface area contributed by atoms with Crippen molar-refractivity contribution in [2.75, 3.05) is 0 Å². The summed E-state index contributed by atoms with van der Waals surface area (Å²) >= 11 is 6.19. The molecular formula is C13H12ClNO2. The van der Waals surface area contributed by atoms with Crippen LogP contribution in [0, 0.1) is 6.92 Å². The quantitative estimate of drug-likeness (QED) is 0.831. The number of rotatable bonds is 2. The fourth-order valence-electron chi connectivity index (χ4n) is 1.86. The predicted octanol–water partition coefficient (Wildman–Crippen LogP) is 3.24. The van der Waals surface area contributed by atoms with Crippen LogP contribution in [0.5, 0.6) is 0 Å². The minimum Gasteiger partial charge on any atom is -0.478 e. The van der Waals surface area contributed by atoms with Crippen molar-refractivity contribution < 1.29 is 9.90 Å². The van der Waals surface area contributed by atoms with Gasteiger partial charge in [0.15, 0.2) is 0 Å². The van der Waals surface area contributed by atoms with Gasteiger partial charge in [0.1, 0.15) is 5.15 Å². The molecule has 88 valence electrons. The summed E-state index contributed by atoms with van der Waals surface area (Å²) in [6.07, 6.45) is 2.63. The summed E-state index contributed by atoms with van der Waals surface area (Å²) in [6, 6.07) is 5.97. The van der Waals surface area contributed by atoms with Gasteiger partial charge in [0.25, 0.3) is 0 Å². The second-order valence-electron chi connectivity index (χ2n) is 3.96. The number of aromatic nitrogens is 1. The van der Waals surface area contributed by atoms with Gasteiger partial charge in [-0.3, -0.25) is 0 Å². The monoisotopic (exact) mass is 249 g/mol. The van der Waals surface area contributed by atoms with E-state index in [1.54, 1.807) is 0 Å². The van der Waals surface area contributed by atoms with Crippen molar-refractivity contribution in [1.29, 1.82) is 0 Å². The normalized spacial score (nSPS) is 11.5. The summed E-state index contributed by atoms with van der Waals surface area (Å²) in [4.78, 5) is 10.5. The van der Waals surface area contributed by atoms with E-state index in [1.807, 2.05) is 36.7 Å². The number of carboxylic acids is 1. The molecule has 17 heavy (non-hydrogen) atoms. The zero-order chi connectivity index (χ0) is 12.6. The lowest BCUT2D eigenvalue weighted by atomic mass is 10.1. The van der Waals surface area contributed by atoms with Crippen LogP contribution >= 0.6 is 11.6 Å². The number of fused-ring (bicyclic) bond motifs is 1. The molecule has 0 atom stereocenters. The summed E-state index contributed by atoms with van der Waals surface area (Å²) in [5.74, 6) is -0.981. The molecule has 2 rings (SSSR count). The zero-order valence-corrected chi connectivity index (χ0v) is 10.3. The summed E-state index contributed by atoms with van der Waals surface area (Å²) in [7, 11) is 1.86. The zero-order valence-electron chi connectivity index (χ0n) is 9.57. The van der Waals surface area contributed by atoms with Gasteiger partial charge < -0.3 is 9.67 Å². The van der Waals surface area contributed by atoms with Gasteiger partial charge in [-0.15, -0.1) is 0 Å². The molecular weight excluding hydrogens is 238 g/mol. The highest BCUT2D eigenvalue weighted by atomic mass is 35.5. The van der Waals surface area contributed by atoms with E-state index in [-0.39, 0.29) is 0 Å². The Balaban J connectivity index is 2.71. The Kier molecular flexibility index (Phi) is 2.94. The lowest BCUT2D eigenvalue weighted by Crippen LogP contribution is -1.87. The average Bonchev–Trinajstić information content (AvgIpc) is 2.50. The minimum absolute atomic E-state index is 0.545. The van der Waals surface area contributed by atoms with Crippen molar-refractivity contribution in [1.82, 2.24) is 4.57 Å². The summed E-state index contributed by atoms with van der Waals surface area (Å²) < 4.78 is 1.85. The van der Waals surface area contributed by atoms with Crippen LogP contribution in [0.4, 0.5) is 0 Å². The Morgan fingerprint density at radius 2 is 2.18 bits per heavy atom. The van der Waals surface area contributed by atoms with Crippen molar-refractivity contribution in [2.45, 2.75) is 6.92 Å². The lowest BCUT2D eigenvalue weighted by Gasteiger charge is -1.97. The molecule has 1 aromatic heterocycles. The molecule has 0 saturated carbocycles. The van der Waals surface area contributed by atoms with Crippen LogP contribution in [0.25, 0.3) is 17.0 Å². The van der Waals surface area contributed by atoms with Gasteiger partial charge in [-0.1, -0.05) is 23.7 Å². The molecule has 0 amide bonds. The van der Waals surface area contributed by atoms with Gasteiger partial charge in [0.05, 0.1) is 0 Å². The first-order valence-electron chi connectivity index (χ1n) is 5.16. The summed E-state index contributed by atoms with van der Waals surface area (Å²) in [5.41, 5.74) is 2.88. The van der Waals surface area contributed by atoms with Crippen LogP contribution in [0.15, 0.2) is 24.3 Å². The first-order chi connectivity index (χ1) is 8.00. The van der Waals surface area contributed by atoms with E-state index in [9.17, 15) is 4.79 Å². The third-order valence-corrected chi connectivity index (χ3v) is 3.17. The van der Waals surface area contributed by atoms with E-state index < -0.39 is 5.97 Å². The van der Waals surface area contributed by atoms with Gasteiger partial charge in [-0.2, -0.15) is 0 Å². The summed E-state index contributed by atoms with van der Waals surface area (Å²) in [5, 5.41) is 10.2. The van der Waals surface area contributed by atoms with Crippen LogP contribution in [0.2, 0.25) is 5.15 Å². The van der Waals surface area contributed by atoms with Crippen LogP contribution in [-0.4, -0.2) is 15.6 Å². The number of hydrogen-bond donors (Lipinski definition) is 1. The Morgan fingerprint density at radius 1 is 1.47 bits per heavy atom. The standard InChI is InChI=1S/C13H12ClNO2/c1-8-3-4-9-10(5-6-12(16)17)13(14)15(2)11(9)7-8/h3-7H,1-2H3,(H,16,17)/b6-5+. The predicted molar refractivity (Wildman–Crippen MR) is 69.3 cm³/mol. The van der Waals surface area contributed by atoms with Crippen LogP contribution in [0.3, 0.4) is 0 Å². The first kappa shape index (κ1) is 11.7. The van der Waals surface area contributed by atoms with Gasteiger partial charge in [-0.05, 0) is 24.6 Å². The molecule has 0 spiro atoms. The molecule has 4 heteroatoms. The number of carbonyl (C=O) groups is 1. The van der Waals surface area contributed by atoms with Crippen molar-refractivity contribution >= 4 is 34.5 Å². The molecule has 0 fully saturated rings. The molecule has 1 N–H and O–H groups in total. The number of hydrogen-bond acceptors (Lipinski definition) is 1. The maximum Gasteiger partial charge on any atom is 0.328 e. The Morgan fingerprint density at radius 3 is 2.82 bits per heavy atom. The van der Waals surface area contributed by atoms with E-state index in [0.717, 1.165) is 28.1 Å². The number of halogens is 1. The van der Waals surface area contributed by atoms with Crippen molar-refractivity contribution in [3.8, 4) is 0 Å². The van der Waals surface area contributed by atoms with Crippen molar-refractivity contribution in [3.63, 3.8) is 0 Å². The highest BCUT2D eigenvalue weighted by molar-refractivity contribution is 6.33. The number of nitrogens with zero attached hydrogens (tertiary/aromatic N) is 1. The van der Waals surface area contributed by atoms with Crippen molar-refractivity contribution in [3.05, 3.63) is 40.6 Å². The second kappa shape index (κ2) is 4.26. The molecule has 0 radical (unpaired) electrons. The lowest BCUT2D eigenvalue weighted by molar-refractivity contribution is -0.131. The minimum atomic E-state index is -0.981. The second-order valence-corrected chi connectivity index (χ2v) is 4.31. The fraction of sp³-hybridized carbons (Fsp3) is 0.154. The Labute approximate surface area is 104 Å². The number of aliphatic carboxylic acids is 1. The fourth-order valence-corrected chi connectivity index (χ4v) is 2.11. The molecule has 1 heterocycles. The topological polar surface area (TPSA) is 42.2 Å². The third kappa shape index (κ3) is 2.06. The molecule has 0 aliphatic carbocycles. The highest BCUT2D eigenvalue weighted by Gasteiger charge is 2.11. The van der Waals surface area contributed by atoms with Crippen LogP contribution in [0.1, 0.15) is 11.1 Å². The number of benzene rings is 1. The number of aryl methyl sites for hydroxylation is 2. The molecule has 3 nitrogen and oxygen atoms in total. The van der Waals surface area contributed by atoms with E-state index >= 15 is 0 Å². The maximum atomic E-state index is 10.5. The molecule has 0 unspecified atom stereocenters. The SMILES string of the molecule is Cc1ccc2c(/C=C/C(=O)O)c(Cl)n(C)c2c1. The van der Waals surface area contributed by atoms with E-state index in [1.165, 1.54) is 6.08 Å². The molecule has 0 aliphatic heterocycles. The Bertz CT molecular complexity index is 626. The first-order valence-corrected chi connectivity index (χ1v) is 5.54. The Hall–Kier alpha value is -1.74. The maximum absolute atomic E-state index is 10.5. The number of carboxylic acid groups (broad SMARTS) is 1. The van der Waals surface area contributed by atoms with Gasteiger partial charge >= 0.3 is 5.97 Å². The van der Waals surface area contributed by atoms with Gasteiger partial charge in [-0.25, -0.2) is 4.79 Å². The third-order valence-electron chi connectivity index (χ3n) is 2.71. The smallest absolute Gasteiger partial charge is 0.328 e. The van der Waals surface area contributed by atoms with E-state index in [4.69, 9.17) is 16.7 Å².